The molecule has 0 spiro atoms. The quantitative estimate of drug-likeness (QED) is 0.656. The molecule has 2 heterocycles. The molecule has 6 nitrogen and oxygen atoms in total. The molecular weight excluding hydrogens is 375 g/mol. The molecular formula is C22H27FN2O4. The van der Waals surface area contributed by atoms with Gasteiger partial charge in [-0.05, 0) is 37.7 Å². The molecule has 1 aromatic carbocycles. The second kappa shape index (κ2) is 7.86. The molecule has 7 heteroatoms. The van der Waals surface area contributed by atoms with Gasteiger partial charge in [-0.15, -0.1) is 0 Å². The number of ether oxygens (including phenoxy) is 1. The van der Waals surface area contributed by atoms with Gasteiger partial charge in [0.15, 0.2) is 0 Å². The van der Waals surface area contributed by atoms with E-state index in [4.69, 9.17) is 4.74 Å². The number of halogens is 1. The first-order chi connectivity index (χ1) is 13.9. The normalized spacial score (nSPS) is 27.0. The summed E-state index contributed by atoms with van der Waals surface area (Å²) in [5, 5.41) is 0. The molecule has 29 heavy (non-hydrogen) atoms. The zero-order valence-electron chi connectivity index (χ0n) is 16.7. The lowest BCUT2D eigenvalue weighted by molar-refractivity contribution is -0.142. The maximum Gasteiger partial charge on any atom is 0.240 e. The smallest absolute Gasteiger partial charge is 0.240 e. The molecule has 0 radical (unpaired) electrons. The summed E-state index contributed by atoms with van der Waals surface area (Å²) in [7, 11) is 1.39. The van der Waals surface area contributed by atoms with Crippen molar-refractivity contribution in [1.29, 1.82) is 0 Å². The molecule has 1 saturated carbocycles. The minimum atomic E-state index is -1.48. The van der Waals surface area contributed by atoms with E-state index in [-0.39, 0.29) is 36.3 Å². The van der Waals surface area contributed by atoms with Crippen LogP contribution < -0.4 is 0 Å². The lowest BCUT2D eigenvalue weighted by Crippen LogP contribution is -2.45. The van der Waals surface area contributed by atoms with Crippen molar-refractivity contribution in [3.63, 3.8) is 0 Å². The summed E-state index contributed by atoms with van der Waals surface area (Å²) in [6.07, 6.45) is 3.68. The van der Waals surface area contributed by atoms with Crippen molar-refractivity contribution in [1.82, 2.24) is 9.80 Å². The van der Waals surface area contributed by atoms with Crippen LogP contribution >= 0.6 is 0 Å². The van der Waals surface area contributed by atoms with E-state index < -0.39 is 17.1 Å². The van der Waals surface area contributed by atoms with Gasteiger partial charge in [0, 0.05) is 45.1 Å². The Kier molecular flexibility index (Phi) is 5.42. The largest absolute Gasteiger partial charge is 0.376 e. The number of likely N-dealkylation sites (N-methyl/N-ethyl adjacent to an activating group) is 1. The summed E-state index contributed by atoms with van der Waals surface area (Å²) >= 11 is 0. The van der Waals surface area contributed by atoms with Crippen LogP contribution in [0, 0.1) is 11.7 Å². The van der Waals surface area contributed by atoms with Crippen molar-refractivity contribution >= 4 is 17.7 Å². The van der Waals surface area contributed by atoms with Gasteiger partial charge in [-0.2, -0.15) is 0 Å². The Bertz CT molecular complexity index is 819. The fourth-order valence-corrected chi connectivity index (χ4v) is 4.47. The Hall–Kier alpha value is -2.28. The third kappa shape index (κ3) is 3.92. The molecule has 4 rings (SSSR count). The van der Waals surface area contributed by atoms with Gasteiger partial charge < -0.3 is 9.64 Å². The topological polar surface area (TPSA) is 66.9 Å². The maximum absolute atomic E-state index is 14.7. The van der Waals surface area contributed by atoms with Crippen LogP contribution in [0.25, 0.3) is 0 Å². The summed E-state index contributed by atoms with van der Waals surface area (Å²) in [6, 6.07) is 5.95. The van der Waals surface area contributed by atoms with Crippen LogP contribution in [0.4, 0.5) is 4.39 Å². The Morgan fingerprint density at radius 1 is 1.24 bits per heavy atom. The van der Waals surface area contributed by atoms with Crippen molar-refractivity contribution in [2.24, 2.45) is 5.92 Å². The van der Waals surface area contributed by atoms with Gasteiger partial charge in [-0.25, -0.2) is 4.39 Å². The van der Waals surface area contributed by atoms with Crippen molar-refractivity contribution in [3.8, 4) is 0 Å². The predicted octanol–water partition coefficient (Wildman–Crippen LogP) is 2.26. The fourth-order valence-electron chi connectivity index (χ4n) is 4.47. The van der Waals surface area contributed by atoms with E-state index in [0.29, 0.717) is 25.6 Å². The van der Waals surface area contributed by atoms with Crippen molar-refractivity contribution in [3.05, 3.63) is 35.6 Å². The SMILES string of the molecule is CN1C(=O)C[C@](CC(=O)N(CC2CC2)C[C@H]2CCCO2)(c2ccccc2F)C1=O. The summed E-state index contributed by atoms with van der Waals surface area (Å²) < 4.78 is 20.4. The number of nitrogens with zero attached hydrogens (tertiary/aromatic N) is 2. The third-order valence-electron chi connectivity index (χ3n) is 6.36. The minimum Gasteiger partial charge on any atom is -0.376 e. The molecule has 3 aliphatic rings. The number of amides is 3. The van der Waals surface area contributed by atoms with E-state index in [2.05, 4.69) is 0 Å². The standard InChI is InChI=1S/C22H27FN2O4/c1-24-19(26)11-22(21(24)28,17-6-2-3-7-18(17)23)12-20(27)25(13-15-8-9-15)14-16-5-4-10-29-16/h2-3,6-7,15-16H,4-5,8-14H2,1H3/t16-,22+/m1/s1. The summed E-state index contributed by atoms with van der Waals surface area (Å²) in [4.78, 5) is 41.6. The van der Waals surface area contributed by atoms with E-state index in [9.17, 15) is 18.8 Å². The van der Waals surface area contributed by atoms with E-state index in [0.717, 1.165) is 30.6 Å². The Morgan fingerprint density at radius 3 is 2.59 bits per heavy atom. The fraction of sp³-hybridized carbons (Fsp3) is 0.591. The van der Waals surface area contributed by atoms with Crippen molar-refractivity contribution in [2.75, 3.05) is 26.7 Å². The molecule has 3 fully saturated rings. The molecule has 1 aromatic rings. The number of hydrogen-bond acceptors (Lipinski definition) is 4. The molecule has 2 atom stereocenters. The highest BCUT2D eigenvalue weighted by atomic mass is 19.1. The average Bonchev–Trinajstić information content (AvgIpc) is 3.32. The van der Waals surface area contributed by atoms with E-state index in [1.165, 1.54) is 25.2 Å². The van der Waals surface area contributed by atoms with Crippen molar-refractivity contribution < 1.29 is 23.5 Å². The average molecular weight is 402 g/mol. The zero-order valence-corrected chi connectivity index (χ0v) is 16.7. The zero-order chi connectivity index (χ0) is 20.6. The first-order valence-electron chi connectivity index (χ1n) is 10.4. The van der Waals surface area contributed by atoms with Crippen LogP contribution in [-0.4, -0.2) is 60.4 Å². The second-order valence-electron chi connectivity index (χ2n) is 8.55. The molecule has 1 aliphatic carbocycles. The van der Waals surface area contributed by atoms with Crippen LogP contribution in [0.2, 0.25) is 0 Å². The molecule has 3 amide bonds. The predicted molar refractivity (Wildman–Crippen MR) is 103 cm³/mol. The van der Waals surface area contributed by atoms with Gasteiger partial charge in [0.1, 0.15) is 5.82 Å². The van der Waals surface area contributed by atoms with Gasteiger partial charge >= 0.3 is 0 Å². The molecule has 0 unspecified atom stereocenters. The van der Waals surface area contributed by atoms with Crippen LogP contribution in [0.1, 0.15) is 44.1 Å². The highest BCUT2D eigenvalue weighted by Crippen LogP contribution is 2.41. The van der Waals surface area contributed by atoms with Gasteiger partial charge in [-0.3, -0.25) is 19.3 Å². The number of rotatable bonds is 7. The molecule has 0 bridgehead atoms. The maximum atomic E-state index is 14.7. The highest BCUT2D eigenvalue weighted by Gasteiger charge is 2.54. The van der Waals surface area contributed by atoms with Crippen LogP contribution in [-0.2, 0) is 24.5 Å². The monoisotopic (exact) mass is 402 g/mol. The molecule has 2 aliphatic heterocycles. The van der Waals surface area contributed by atoms with Crippen LogP contribution in [0.5, 0.6) is 0 Å². The molecule has 0 aromatic heterocycles. The molecule has 156 valence electrons. The number of benzene rings is 1. The van der Waals surface area contributed by atoms with Gasteiger partial charge in [0.05, 0.1) is 11.5 Å². The Labute approximate surface area is 170 Å². The van der Waals surface area contributed by atoms with E-state index >= 15 is 0 Å². The van der Waals surface area contributed by atoms with E-state index in [1.54, 1.807) is 11.0 Å². The Morgan fingerprint density at radius 2 is 2.00 bits per heavy atom. The van der Waals surface area contributed by atoms with Gasteiger partial charge in [0.25, 0.3) is 0 Å². The third-order valence-corrected chi connectivity index (χ3v) is 6.36. The minimum absolute atomic E-state index is 0.00527. The number of likely N-dealkylation sites (tertiary alicyclic amines) is 1. The highest BCUT2D eigenvalue weighted by molar-refractivity contribution is 6.10. The van der Waals surface area contributed by atoms with Gasteiger partial charge in [-0.1, -0.05) is 18.2 Å². The lowest BCUT2D eigenvalue weighted by atomic mass is 9.75. The lowest BCUT2D eigenvalue weighted by Gasteiger charge is -2.31. The van der Waals surface area contributed by atoms with Crippen molar-refractivity contribution in [2.45, 2.75) is 50.0 Å². The van der Waals surface area contributed by atoms with Crippen LogP contribution in [0.3, 0.4) is 0 Å². The Balaban J connectivity index is 1.62. The van der Waals surface area contributed by atoms with Crippen LogP contribution in [0.15, 0.2) is 24.3 Å². The number of hydrogen-bond donors (Lipinski definition) is 0. The molecule has 0 N–H and O–H groups in total. The summed E-state index contributed by atoms with van der Waals surface area (Å²) in [5.41, 5.74) is -1.35. The van der Waals surface area contributed by atoms with E-state index in [1.807, 2.05) is 0 Å². The first kappa shape index (κ1) is 20.0. The summed E-state index contributed by atoms with van der Waals surface area (Å²) in [5.74, 6) is -1.20. The number of carbonyl (C=O) groups is 3. The van der Waals surface area contributed by atoms with Gasteiger partial charge in [0.2, 0.25) is 17.7 Å². The molecule has 2 saturated heterocycles. The number of carbonyl (C=O) groups excluding carboxylic acids is 3. The second-order valence-corrected chi connectivity index (χ2v) is 8.55. The first-order valence-corrected chi connectivity index (χ1v) is 10.4. The number of imide groups is 1. The summed E-state index contributed by atoms with van der Waals surface area (Å²) in [6.45, 7) is 1.82.